The molecule has 0 saturated carbocycles. The molecule has 3 rings (SSSR count). The molecule has 0 aromatic heterocycles. The van der Waals surface area contributed by atoms with Crippen LogP contribution in [0.3, 0.4) is 0 Å². The topological polar surface area (TPSA) is 15.3 Å². The molecule has 22 heavy (non-hydrogen) atoms. The Labute approximate surface area is 134 Å². The summed E-state index contributed by atoms with van der Waals surface area (Å²) in [6.45, 7) is 7.98. The highest BCUT2D eigenvalue weighted by Crippen LogP contribution is 2.24. The van der Waals surface area contributed by atoms with E-state index in [0.717, 1.165) is 31.5 Å². The van der Waals surface area contributed by atoms with E-state index in [0.29, 0.717) is 0 Å². The lowest BCUT2D eigenvalue weighted by atomic mass is 9.98. The molecular weight excluding hydrogens is 268 g/mol. The second-order valence-corrected chi connectivity index (χ2v) is 6.53. The summed E-state index contributed by atoms with van der Waals surface area (Å²) >= 11 is 0. The smallest absolute Gasteiger partial charge is 0.0233 e. The Morgan fingerprint density at radius 2 is 1.55 bits per heavy atom. The molecule has 2 atom stereocenters. The quantitative estimate of drug-likeness (QED) is 0.876. The highest BCUT2D eigenvalue weighted by atomic mass is 15.2. The number of nitrogens with zero attached hydrogens (tertiary/aromatic N) is 1. The SMILES string of the molecule is C[C@@H]1CN(Cc2ccccc2)C[C@H]1CNCc1ccccc1. The molecular formula is C20H26N2. The first kappa shape index (κ1) is 15.3. The molecule has 2 heteroatoms. The summed E-state index contributed by atoms with van der Waals surface area (Å²) in [5, 5.41) is 3.63. The van der Waals surface area contributed by atoms with Gasteiger partial charge in [-0.3, -0.25) is 4.90 Å². The van der Waals surface area contributed by atoms with Crippen molar-refractivity contribution in [3.05, 3.63) is 71.8 Å². The maximum atomic E-state index is 3.63. The zero-order valence-electron chi connectivity index (χ0n) is 13.4. The monoisotopic (exact) mass is 294 g/mol. The summed E-state index contributed by atoms with van der Waals surface area (Å²) in [7, 11) is 0. The molecule has 1 heterocycles. The number of rotatable bonds is 6. The van der Waals surface area contributed by atoms with Crippen LogP contribution in [0.15, 0.2) is 60.7 Å². The third kappa shape index (κ3) is 4.19. The van der Waals surface area contributed by atoms with E-state index in [2.05, 4.69) is 77.8 Å². The van der Waals surface area contributed by atoms with Crippen LogP contribution in [0.1, 0.15) is 18.1 Å². The van der Waals surface area contributed by atoms with Gasteiger partial charge in [0.05, 0.1) is 0 Å². The molecule has 0 radical (unpaired) electrons. The Hall–Kier alpha value is -1.64. The molecule has 1 N–H and O–H groups in total. The van der Waals surface area contributed by atoms with Crippen molar-refractivity contribution in [3.63, 3.8) is 0 Å². The van der Waals surface area contributed by atoms with Gasteiger partial charge in [-0.05, 0) is 29.5 Å². The number of hydrogen-bond acceptors (Lipinski definition) is 2. The fraction of sp³-hybridized carbons (Fsp3) is 0.400. The zero-order chi connectivity index (χ0) is 15.2. The number of nitrogens with one attached hydrogen (secondary N) is 1. The van der Waals surface area contributed by atoms with Crippen LogP contribution in [0.2, 0.25) is 0 Å². The summed E-state index contributed by atoms with van der Waals surface area (Å²) < 4.78 is 0. The molecule has 0 bridgehead atoms. The molecule has 116 valence electrons. The van der Waals surface area contributed by atoms with Crippen LogP contribution in [-0.4, -0.2) is 24.5 Å². The van der Waals surface area contributed by atoms with Crippen molar-refractivity contribution < 1.29 is 0 Å². The van der Waals surface area contributed by atoms with Crippen LogP contribution >= 0.6 is 0 Å². The molecule has 0 aliphatic carbocycles. The van der Waals surface area contributed by atoms with E-state index in [1.54, 1.807) is 0 Å². The molecule has 2 nitrogen and oxygen atoms in total. The molecule has 1 saturated heterocycles. The van der Waals surface area contributed by atoms with Crippen molar-refractivity contribution in [2.75, 3.05) is 19.6 Å². The van der Waals surface area contributed by atoms with E-state index in [1.165, 1.54) is 24.2 Å². The van der Waals surface area contributed by atoms with E-state index in [4.69, 9.17) is 0 Å². The molecule has 0 amide bonds. The Kier molecular flexibility index (Phi) is 5.25. The van der Waals surface area contributed by atoms with Gasteiger partial charge in [-0.1, -0.05) is 67.6 Å². The van der Waals surface area contributed by atoms with E-state index < -0.39 is 0 Å². The Bertz CT molecular complexity index is 552. The minimum absolute atomic E-state index is 0.757. The van der Waals surface area contributed by atoms with E-state index in [-0.39, 0.29) is 0 Å². The predicted molar refractivity (Wildman–Crippen MR) is 92.5 cm³/mol. The van der Waals surface area contributed by atoms with Crippen LogP contribution in [0.4, 0.5) is 0 Å². The van der Waals surface area contributed by atoms with Gasteiger partial charge in [0.1, 0.15) is 0 Å². The first-order chi connectivity index (χ1) is 10.8. The standard InChI is InChI=1S/C20H26N2/c1-17-14-22(15-19-10-6-3-7-11-19)16-20(17)13-21-12-18-8-4-2-5-9-18/h2-11,17,20-21H,12-16H2,1H3/t17-,20-/m1/s1. The van der Waals surface area contributed by atoms with E-state index in [1.807, 2.05) is 0 Å². The number of hydrogen-bond donors (Lipinski definition) is 1. The largest absolute Gasteiger partial charge is 0.312 e. The summed E-state index contributed by atoms with van der Waals surface area (Å²) in [6.07, 6.45) is 0. The molecule has 1 aliphatic rings. The predicted octanol–water partition coefficient (Wildman–Crippen LogP) is 3.54. The third-order valence-corrected chi connectivity index (χ3v) is 4.67. The number of likely N-dealkylation sites (tertiary alicyclic amines) is 1. The first-order valence-electron chi connectivity index (χ1n) is 8.32. The van der Waals surface area contributed by atoms with Gasteiger partial charge in [0, 0.05) is 26.2 Å². The lowest BCUT2D eigenvalue weighted by Crippen LogP contribution is -2.27. The van der Waals surface area contributed by atoms with Crippen molar-refractivity contribution in [1.29, 1.82) is 0 Å². The fourth-order valence-corrected chi connectivity index (χ4v) is 3.38. The Morgan fingerprint density at radius 1 is 0.909 bits per heavy atom. The lowest BCUT2D eigenvalue weighted by molar-refractivity contribution is 0.312. The second-order valence-electron chi connectivity index (χ2n) is 6.53. The summed E-state index contributed by atoms with van der Waals surface area (Å²) in [5.74, 6) is 1.53. The number of benzene rings is 2. The molecule has 0 spiro atoms. The maximum absolute atomic E-state index is 3.63. The highest BCUT2D eigenvalue weighted by Gasteiger charge is 2.28. The maximum Gasteiger partial charge on any atom is 0.0233 e. The van der Waals surface area contributed by atoms with E-state index >= 15 is 0 Å². The van der Waals surface area contributed by atoms with Gasteiger partial charge in [0.25, 0.3) is 0 Å². The van der Waals surface area contributed by atoms with Crippen LogP contribution in [0.25, 0.3) is 0 Å². The highest BCUT2D eigenvalue weighted by molar-refractivity contribution is 5.15. The van der Waals surface area contributed by atoms with Crippen molar-refractivity contribution in [1.82, 2.24) is 10.2 Å². The third-order valence-electron chi connectivity index (χ3n) is 4.67. The van der Waals surface area contributed by atoms with Crippen molar-refractivity contribution in [2.45, 2.75) is 20.0 Å². The molecule has 0 unspecified atom stereocenters. The van der Waals surface area contributed by atoms with Crippen molar-refractivity contribution >= 4 is 0 Å². The molecule has 2 aromatic carbocycles. The van der Waals surface area contributed by atoms with Crippen LogP contribution in [-0.2, 0) is 13.1 Å². The summed E-state index contributed by atoms with van der Waals surface area (Å²) in [4.78, 5) is 2.59. The minimum Gasteiger partial charge on any atom is -0.312 e. The Morgan fingerprint density at radius 3 is 2.23 bits per heavy atom. The van der Waals surface area contributed by atoms with Gasteiger partial charge >= 0.3 is 0 Å². The van der Waals surface area contributed by atoms with Crippen LogP contribution < -0.4 is 5.32 Å². The normalized spacial score (nSPS) is 22.0. The minimum atomic E-state index is 0.757. The van der Waals surface area contributed by atoms with Gasteiger partial charge in [0.15, 0.2) is 0 Å². The van der Waals surface area contributed by atoms with Gasteiger partial charge < -0.3 is 5.32 Å². The fourth-order valence-electron chi connectivity index (χ4n) is 3.38. The zero-order valence-corrected chi connectivity index (χ0v) is 13.4. The van der Waals surface area contributed by atoms with Crippen molar-refractivity contribution in [2.24, 2.45) is 11.8 Å². The van der Waals surface area contributed by atoms with Gasteiger partial charge in [-0.25, -0.2) is 0 Å². The van der Waals surface area contributed by atoms with Crippen LogP contribution in [0, 0.1) is 11.8 Å². The Balaban J connectivity index is 1.45. The average Bonchev–Trinajstić information content (AvgIpc) is 2.89. The second kappa shape index (κ2) is 7.57. The molecule has 1 fully saturated rings. The lowest BCUT2D eigenvalue weighted by Gasteiger charge is -2.16. The molecule has 2 aromatic rings. The summed E-state index contributed by atoms with van der Waals surface area (Å²) in [5.41, 5.74) is 2.79. The van der Waals surface area contributed by atoms with Gasteiger partial charge in [-0.2, -0.15) is 0 Å². The van der Waals surface area contributed by atoms with Gasteiger partial charge in [0.2, 0.25) is 0 Å². The van der Waals surface area contributed by atoms with E-state index in [9.17, 15) is 0 Å². The van der Waals surface area contributed by atoms with Crippen molar-refractivity contribution in [3.8, 4) is 0 Å². The molecule has 1 aliphatic heterocycles. The summed E-state index contributed by atoms with van der Waals surface area (Å²) in [6, 6.07) is 21.5. The average molecular weight is 294 g/mol. The first-order valence-corrected chi connectivity index (χ1v) is 8.32. The van der Waals surface area contributed by atoms with Gasteiger partial charge in [-0.15, -0.1) is 0 Å². The van der Waals surface area contributed by atoms with Crippen LogP contribution in [0.5, 0.6) is 0 Å².